The van der Waals surface area contributed by atoms with Crippen molar-refractivity contribution in [1.29, 1.82) is 0 Å². The Bertz CT molecular complexity index is 301. The zero-order valence-corrected chi connectivity index (χ0v) is 11.7. The first-order valence-corrected chi connectivity index (χ1v) is 6.82. The number of ether oxygens (including phenoxy) is 1. The largest absolute Gasteiger partial charge is 0.481 e. The first kappa shape index (κ1) is 15.9. The SMILES string of the molecule is CC(C)N(CCC(=O)O)CC(=O)NC1CCOCC1. The lowest BCUT2D eigenvalue weighted by atomic mass is 10.1. The maximum atomic E-state index is 11.9. The summed E-state index contributed by atoms with van der Waals surface area (Å²) in [5.41, 5.74) is 0. The Labute approximate surface area is 114 Å². The van der Waals surface area contributed by atoms with E-state index in [1.165, 1.54) is 0 Å². The number of carbonyl (C=O) groups is 2. The van der Waals surface area contributed by atoms with Crippen LogP contribution in [0.15, 0.2) is 0 Å². The van der Waals surface area contributed by atoms with E-state index in [1.807, 2.05) is 18.7 Å². The van der Waals surface area contributed by atoms with Crippen LogP contribution in [0.5, 0.6) is 0 Å². The van der Waals surface area contributed by atoms with Crippen LogP contribution in [0, 0.1) is 0 Å². The fourth-order valence-corrected chi connectivity index (χ4v) is 2.06. The van der Waals surface area contributed by atoms with E-state index in [0.29, 0.717) is 19.8 Å². The van der Waals surface area contributed by atoms with Crippen molar-refractivity contribution in [2.75, 3.05) is 26.3 Å². The van der Waals surface area contributed by atoms with E-state index in [1.54, 1.807) is 0 Å². The molecule has 0 bridgehead atoms. The van der Waals surface area contributed by atoms with Gasteiger partial charge in [0.1, 0.15) is 0 Å². The lowest BCUT2D eigenvalue weighted by Crippen LogP contribution is -2.46. The van der Waals surface area contributed by atoms with Crippen LogP contribution in [-0.2, 0) is 14.3 Å². The monoisotopic (exact) mass is 272 g/mol. The third-order valence-electron chi connectivity index (χ3n) is 3.28. The van der Waals surface area contributed by atoms with Crippen LogP contribution >= 0.6 is 0 Å². The summed E-state index contributed by atoms with van der Waals surface area (Å²) < 4.78 is 5.24. The van der Waals surface area contributed by atoms with Gasteiger partial charge in [0.2, 0.25) is 5.91 Å². The van der Waals surface area contributed by atoms with Crippen LogP contribution in [-0.4, -0.2) is 60.3 Å². The second kappa shape index (κ2) is 8.12. The minimum Gasteiger partial charge on any atom is -0.481 e. The van der Waals surface area contributed by atoms with Crippen LogP contribution in [0.4, 0.5) is 0 Å². The van der Waals surface area contributed by atoms with Gasteiger partial charge in [-0.3, -0.25) is 14.5 Å². The molecule has 0 aromatic rings. The highest BCUT2D eigenvalue weighted by Gasteiger charge is 2.19. The Hall–Kier alpha value is -1.14. The van der Waals surface area contributed by atoms with Crippen molar-refractivity contribution in [3.63, 3.8) is 0 Å². The first-order valence-electron chi connectivity index (χ1n) is 6.82. The minimum atomic E-state index is -0.838. The molecule has 0 aromatic heterocycles. The van der Waals surface area contributed by atoms with Crippen molar-refractivity contribution in [3.05, 3.63) is 0 Å². The van der Waals surface area contributed by atoms with Gasteiger partial charge in [-0.25, -0.2) is 0 Å². The van der Waals surface area contributed by atoms with E-state index in [-0.39, 0.29) is 31.0 Å². The quantitative estimate of drug-likeness (QED) is 0.704. The maximum Gasteiger partial charge on any atom is 0.304 e. The highest BCUT2D eigenvalue weighted by Crippen LogP contribution is 2.06. The van der Waals surface area contributed by atoms with Gasteiger partial charge in [0.25, 0.3) is 0 Å². The Balaban J connectivity index is 2.35. The van der Waals surface area contributed by atoms with Gasteiger partial charge in [0.05, 0.1) is 13.0 Å². The predicted molar refractivity (Wildman–Crippen MR) is 70.9 cm³/mol. The number of nitrogens with zero attached hydrogens (tertiary/aromatic N) is 1. The molecular formula is C13H24N2O4. The molecule has 19 heavy (non-hydrogen) atoms. The zero-order chi connectivity index (χ0) is 14.3. The van der Waals surface area contributed by atoms with Gasteiger partial charge in [-0.15, -0.1) is 0 Å². The molecule has 1 aliphatic rings. The first-order chi connectivity index (χ1) is 8.99. The zero-order valence-electron chi connectivity index (χ0n) is 11.7. The third-order valence-corrected chi connectivity index (χ3v) is 3.28. The van der Waals surface area contributed by atoms with Crippen molar-refractivity contribution in [1.82, 2.24) is 10.2 Å². The van der Waals surface area contributed by atoms with Crippen LogP contribution < -0.4 is 5.32 Å². The molecule has 0 spiro atoms. The number of carbonyl (C=O) groups excluding carboxylic acids is 1. The molecule has 1 heterocycles. The predicted octanol–water partition coefficient (Wildman–Crippen LogP) is 0.467. The second-order valence-corrected chi connectivity index (χ2v) is 5.16. The molecule has 6 nitrogen and oxygen atoms in total. The Kier molecular flexibility index (Phi) is 6.80. The highest BCUT2D eigenvalue weighted by atomic mass is 16.5. The summed E-state index contributed by atoms with van der Waals surface area (Å²) >= 11 is 0. The van der Waals surface area contributed by atoms with Gasteiger partial charge >= 0.3 is 5.97 Å². The van der Waals surface area contributed by atoms with Crippen molar-refractivity contribution in [2.45, 2.75) is 45.2 Å². The van der Waals surface area contributed by atoms with Crippen LogP contribution in [0.3, 0.4) is 0 Å². The summed E-state index contributed by atoms with van der Waals surface area (Å²) in [6.07, 6.45) is 1.76. The molecule has 6 heteroatoms. The molecule has 0 radical (unpaired) electrons. The van der Waals surface area contributed by atoms with Crippen molar-refractivity contribution in [3.8, 4) is 0 Å². The fraction of sp³-hybridized carbons (Fsp3) is 0.846. The highest BCUT2D eigenvalue weighted by molar-refractivity contribution is 5.78. The maximum absolute atomic E-state index is 11.9. The summed E-state index contributed by atoms with van der Waals surface area (Å²) in [5.74, 6) is -0.874. The molecule has 1 saturated heterocycles. The molecule has 1 amide bonds. The molecular weight excluding hydrogens is 248 g/mol. The van der Waals surface area contributed by atoms with E-state index < -0.39 is 5.97 Å². The minimum absolute atomic E-state index is 0.0361. The molecule has 0 aliphatic carbocycles. The standard InChI is InChI=1S/C13H24N2O4/c1-10(2)15(6-3-13(17)18)9-12(16)14-11-4-7-19-8-5-11/h10-11H,3-9H2,1-2H3,(H,14,16)(H,17,18). The summed E-state index contributed by atoms with van der Waals surface area (Å²) in [6, 6.07) is 0.342. The average molecular weight is 272 g/mol. The smallest absolute Gasteiger partial charge is 0.304 e. The van der Waals surface area contributed by atoms with Crippen molar-refractivity contribution in [2.24, 2.45) is 0 Å². The summed E-state index contributed by atoms with van der Waals surface area (Å²) in [7, 11) is 0. The van der Waals surface area contributed by atoms with E-state index in [9.17, 15) is 9.59 Å². The number of carboxylic acids is 1. The average Bonchev–Trinajstić information content (AvgIpc) is 2.35. The van der Waals surface area contributed by atoms with E-state index in [0.717, 1.165) is 12.8 Å². The molecule has 1 aliphatic heterocycles. The molecule has 1 fully saturated rings. The van der Waals surface area contributed by atoms with Crippen LogP contribution in [0.2, 0.25) is 0 Å². The Morgan fingerprint density at radius 1 is 1.37 bits per heavy atom. The van der Waals surface area contributed by atoms with E-state index >= 15 is 0 Å². The van der Waals surface area contributed by atoms with Gasteiger partial charge in [-0.1, -0.05) is 0 Å². The number of aliphatic carboxylic acids is 1. The number of nitrogens with one attached hydrogen (secondary N) is 1. The lowest BCUT2D eigenvalue weighted by Gasteiger charge is -2.28. The second-order valence-electron chi connectivity index (χ2n) is 5.16. The summed E-state index contributed by atoms with van der Waals surface area (Å²) in [4.78, 5) is 24.4. The molecule has 110 valence electrons. The van der Waals surface area contributed by atoms with E-state index in [4.69, 9.17) is 9.84 Å². The number of hydrogen-bond acceptors (Lipinski definition) is 4. The van der Waals surface area contributed by atoms with Gasteiger partial charge in [-0.2, -0.15) is 0 Å². The number of amides is 1. The van der Waals surface area contributed by atoms with Gasteiger partial charge in [0.15, 0.2) is 0 Å². The molecule has 2 N–H and O–H groups in total. The number of hydrogen-bond donors (Lipinski definition) is 2. The lowest BCUT2D eigenvalue weighted by molar-refractivity contribution is -0.138. The van der Waals surface area contributed by atoms with E-state index in [2.05, 4.69) is 5.32 Å². The Morgan fingerprint density at radius 3 is 2.53 bits per heavy atom. The van der Waals surface area contributed by atoms with Crippen molar-refractivity contribution >= 4 is 11.9 Å². The number of carboxylic acid groups (broad SMARTS) is 1. The number of rotatable bonds is 7. The molecule has 1 rings (SSSR count). The van der Waals surface area contributed by atoms with Crippen molar-refractivity contribution < 1.29 is 19.4 Å². The molecule has 0 unspecified atom stereocenters. The van der Waals surface area contributed by atoms with Gasteiger partial charge in [0, 0.05) is 31.8 Å². The van der Waals surface area contributed by atoms with Crippen LogP contribution in [0.25, 0.3) is 0 Å². The normalized spacial score (nSPS) is 16.8. The van der Waals surface area contributed by atoms with Crippen LogP contribution in [0.1, 0.15) is 33.1 Å². The van der Waals surface area contributed by atoms with Gasteiger partial charge < -0.3 is 15.2 Å². The molecule has 0 saturated carbocycles. The third kappa shape index (κ3) is 6.54. The summed E-state index contributed by atoms with van der Waals surface area (Å²) in [6.45, 7) is 5.96. The fourth-order valence-electron chi connectivity index (χ4n) is 2.06. The van der Waals surface area contributed by atoms with Gasteiger partial charge in [-0.05, 0) is 26.7 Å². The summed E-state index contributed by atoms with van der Waals surface area (Å²) in [5, 5.41) is 11.7. The Morgan fingerprint density at radius 2 is 2.00 bits per heavy atom. The molecule has 0 aromatic carbocycles. The topological polar surface area (TPSA) is 78.9 Å². The molecule has 0 atom stereocenters.